The monoisotopic (exact) mass is 329 g/mol. The predicted octanol–water partition coefficient (Wildman–Crippen LogP) is 2.47. The van der Waals surface area contributed by atoms with Crippen molar-refractivity contribution in [2.75, 3.05) is 0 Å². The molecule has 3 aromatic heterocycles. The maximum absolute atomic E-state index is 12.3. The van der Waals surface area contributed by atoms with E-state index < -0.39 is 0 Å². The summed E-state index contributed by atoms with van der Waals surface area (Å²) in [5, 5.41) is 6.87. The summed E-state index contributed by atoms with van der Waals surface area (Å²) in [5.41, 5.74) is 2.94. The van der Waals surface area contributed by atoms with E-state index in [0.717, 1.165) is 35.6 Å². The SMILES string of the molecule is CCCc1nnsc1C(=O)NCc1nccnc1-c1ccoc1. The van der Waals surface area contributed by atoms with E-state index in [1.54, 1.807) is 24.9 Å². The number of nitrogens with one attached hydrogen (secondary N) is 1. The van der Waals surface area contributed by atoms with Crippen LogP contribution in [0.3, 0.4) is 0 Å². The van der Waals surface area contributed by atoms with E-state index in [0.29, 0.717) is 16.3 Å². The molecule has 1 amide bonds. The molecule has 0 saturated carbocycles. The Bertz CT molecular complexity index is 785. The standard InChI is InChI=1S/C15H15N5O2S/c1-2-3-11-14(23-20-19-11)15(21)18-8-12-13(17-6-5-16-12)10-4-7-22-9-10/h4-7,9H,2-3,8H2,1H3,(H,18,21). The highest BCUT2D eigenvalue weighted by atomic mass is 32.1. The summed E-state index contributed by atoms with van der Waals surface area (Å²) in [6.07, 6.45) is 8.04. The van der Waals surface area contributed by atoms with Gasteiger partial charge in [0.2, 0.25) is 0 Å². The molecule has 0 aromatic carbocycles. The van der Waals surface area contributed by atoms with Crippen molar-refractivity contribution in [3.05, 3.63) is 47.3 Å². The molecule has 3 aromatic rings. The number of rotatable bonds is 6. The van der Waals surface area contributed by atoms with Gasteiger partial charge in [-0.05, 0) is 24.0 Å². The van der Waals surface area contributed by atoms with Crippen molar-refractivity contribution in [2.45, 2.75) is 26.3 Å². The molecule has 0 bridgehead atoms. The zero-order valence-electron chi connectivity index (χ0n) is 12.5. The van der Waals surface area contributed by atoms with Crippen LogP contribution in [0.25, 0.3) is 11.3 Å². The van der Waals surface area contributed by atoms with Gasteiger partial charge in [-0.25, -0.2) is 0 Å². The fourth-order valence-electron chi connectivity index (χ4n) is 2.16. The van der Waals surface area contributed by atoms with E-state index in [-0.39, 0.29) is 12.5 Å². The molecule has 3 rings (SSSR count). The Morgan fingerprint density at radius 1 is 1.30 bits per heavy atom. The fourth-order valence-corrected chi connectivity index (χ4v) is 2.79. The third kappa shape index (κ3) is 3.42. The molecule has 0 fully saturated rings. The number of aromatic nitrogens is 4. The fraction of sp³-hybridized carbons (Fsp3) is 0.267. The molecule has 8 heteroatoms. The molecule has 0 unspecified atom stereocenters. The number of carbonyl (C=O) groups excluding carboxylic acids is 1. The maximum Gasteiger partial charge on any atom is 0.265 e. The van der Waals surface area contributed by atoms with Gasteiger partial charge in [0.1, 0.15) is 4.88 Å². The molecule has 0 aliphatic heterocycles. The number of hydrogen-bond donors (Lipinski definition) is 1. The second-order valence-electron chi connectivity index (χ2n) is 4.85. The van der Waals surface area contributed by atoms with E-state index in [1.165, 1.54) is 0 Å². The molecule has 0 aliphatic carbocycles. The highest BCUT2D eigenvalue weighted by Crippen LogP contribution is 2.20. The average Bonchev–Trinajstić information content (AvgIpc) is 3.25. The highest BCUT2D eigenvalue weighted by Gasteiger charge is 2.16. The summed E-state index contributed by atoms with van der Waals surface area (Å²) in [7, 11) is 0. The Hall–Kier alpha value is -2.61. The lowest BCUT2D eigenvalue weighted by Gasteiger charge is -2.07. The summed E-state index contributed by atoms with van der Waals surface area (Å²) >= 11 is 1.11. The molecule has 118 valence electrons. The van der Waals surface area contributed by atoms with Crippen LogP contribution in [0, 0.1) is 0 Å². The zero-order valence-corrected chi connectivity index (χ0v) is 13.3. The van der Waals surface area contributed by atoms with Crippen LogP contribution in [0.15, 0.2) is 35.4 Å². The average molecular weight is 329 g/mol. The summed E-state index contributed by atoms with van der Waals surface area (Å²) in [6, 6.07) is 1.81. The summed E-state index contributed by atoms with van der Waals surface area (Å²) in [4.78, 5) is 21.5. The third-order valence-electron chi connectivity index (χ3n) is 3.23. The highest BCUT2D eigenvalue weighted by molar-refractivity contribution is 7.08. The molecule has 0 saturated heterocycles. The van der Waals surface area contributed by atoms with Crippen LogP contribution in [-0.4, -0.2) is 25.5 Å². The van der Waals surface area contributed by atoms with Crippen LogP contribution in [-0.2, 0) is 13.0 Å². The minimum absolute atomic E-state index is 0.188. The molecule has 3 heterocycles. The number of hydrogen-bond acceptors (Lipinski definition) is 7. The molecular weight excluding hydrogens is 314 g/mol. The smallest absolute Gasteiger partial charge is 0.265 e. The zero-order chi connectivity index (χ0) is 16.1. The van der Waals surface area contributed by atoms with Crippen molar-refractivity contribution in [2.24, 2.45) is 0 Å². The molecule has 0 aliphatic rings. The van der Waals surface area contributed by atoms with Gasteiger partial charge in [0.25, 0.3) is 5.91 Å². The van der Waals surface area contributed by atoms with Gasteiger partial charge in [-0.15, -0.1) is 5.10 Å². The van der Waals surface area contributed by atoms with Crippen LogP contribution < -0.4 is 5.32 Å². The molecular formula is C15H15N5O2S. The van der Waals surface area contributed by atoms with Gasteiger partial charge in [-0.3, -0.25) is 14.8 Å². The van der Waals surface area contributed by atoms with Gasteiger partial charge in [0.15, 0.2) is 0 Å². The van der Waals surface area contributed by atoms with Gasteiger partial charge < -0.3 is 9.73 Å². The van der Waals surface area contributed by atoms with Crippen molar-refractivity contribution in [3.63, 3.8) is 0 Å². The lowest BCUT2D eigenvalue weighted by molar-refractivity contribution is 0.0953. The Kier molecular flexibility index (Phi) is 4.72. The van der Waals surface area contributed by atoms with Gasteiger partial charge >= 0.3 is 0 Å². The van der Waals surface area contributed by atoms with Crippen LogP contribution >= 0.6 is 11.5 Å². The van der Waals surface area contributed by atoms with Crippen molar-refractivity contribution in [1.82, 2.24) is 24.9 Å². The van der Waals surface area contributed by atoms with E-state index in [9.17, 15) is 4.79 Å². The summed E-state index contributed by atoms with van der Waals surface area (Å²) in [5.74, 6) is -0.188. The molecule has 0 atom stereocenters. The Morgan fingerprint density at radius 3 is 2.96 bits per heavy atom. The first-order chi connectivity index (χ1) is 11.3. The number of furan rings is 1. The normalized spacial score (nSPS) is 10.7. The van der Waals surface area contributed by atoms with Gasteiger partial charge in [-0.1, -0.05) is 17.8 Å². The lowest BCUT2D eigenvalue weighted by Crippen LogP contribution is -2.24. The first-order valence-electron chi connectivity index (χ1n) is 7.21. The molecule has 0 radical (unpaired) electrons. The van der Waals surface area contributed by atoms with E-state index in [1.807, 2.05) is 13.0 Å². The number of amides is 1. The van der Waals surface area contributed by atoms with Crippen molar-refractivity contribution in [1.29, 1.82) is 0 Å². The van der Waals surface area contributed by atoms with Crippen LogP contribution in [0.5, 0.6) is 0 Å². The topological polar surface area (TPSA) is 93.8 Å². The largest absolute Gasteiger partial charge is 0.472 e. The first kappa shape index (κ1) is 15.3. The summed E-state index contributed by atoms with van der Waals surface area (Å²) in [6.45, 7) is 2.31. The Labute approximate surface area is 137 Å². The molecule has 0 spiro atoms. The molecule has 7 nitrogen and oxygen atoms in total. The van der Waals surface area contributed by atoms with Gasteiger partial charge in [-0.2, -0.15) is 0 Å². The molecule has 1 N–H and O–H groups in total. The second kappa shape index (κ2) is 7.10. The number of carbonyl (C=O) groups is 1. The third-order valence-corrected chi connectivity index (χ3v) is 4.00. The quantitative estimate of drug-likeness (QED) is 0.746. The van der Waals surface area contributed by atoms with Crippen molar-refractivity contribution >= 4 is 17.4 Å². The van der Waals surface area contributed by atoms with E-state index >= 15 is 0 Å². The number of aryl methyl sites for hydroxylation is 1. The second-order valence-corrected chi connectivity index (χ2v) is 5.60. The van der Waals surface area contributed by atoms with Gasteiger partial charge in [0, 0.05) is 18.0 Å². The van der Waals surface area contributed by atoms with Crippen LogP contribution in [0.1, 0.15) is 34.4 Å². The predicted molar refractivity (Wildman–Crippen MR) is 84.8 cm³/mol. The van der Waals surface area contributed by atoms with Crippen molar-refractivity contribution < 1.29 is 9.21 Å². The van der Waals surface area contributed by atoms with E-state index in [4.69, 9.17) is 4.42 Å². The van der Waals surface area contributed by atoms with Crippen LogP contribution in [0.2, 0.25) is 0 Å². The minimum atomic E-state index is -0.188. The minimum Gasteiger partial charge on any atom is -0.472 e. The first-order valence-corrected chi connectivity index (χ1v) is 7.98. The maximum atomic E-state index is 12.3. The summed E-state index contributed by atoms with van der Waals surface area (Å²) < 4.78 is 8.95. The Morgan fingerprint density at radius 2 is 2.17 bits per heavy atom. The lowest BCUT2D eigenvalue weighted by atomic mass is 10.2. The van der Waals surface area contributed by atoms with Gasteiger partial charge in [0.05, 0.1) is 36.2 Å². The molecule has 23 heavy (non-hydrogen) atoms. The number of nitrogens with zero attached hydrogens (tertiary/aromatic N) is 4. The van der Waals surface area contributed by atoms with E-state index in [2.05, 4.69) is 24.9 Å². The van der Waals surface area contributed by atoms with Crippen molar-refractivity contribution in [3.8, 4) is 11.3 Å². The van der Waals surface area contributed by atoms with Crippen LogP contribution in [0.4, 0.5) is 0 Å². The Balaban J connectivity index is 1.74.